The van der Waals surface area contributed by atoms with E-state index in [1.807, 2.05) is 32.0 Å². The molecule has 0 aliphatic heterocycles. The van der Waals surface area contributed by atoms with Crippen LogP contribution in [0.5, 0.6) is 5.75 Å². The van der Waals surface area contributed by atoms with E-state index in [1.54, 1.807) is 18.3 Å². The molecule has 2 rings (SSSR count). The molecule has 3 nitrogen and oxygen atoms in total. The van der Waals surface area contributed by atoms with E-state index in [2.05, 4.69) is 10.3 Å². The number of hydrogen-bond donors (Lipinski definition) is 1. The standard InChI is InChI=1S/C16H19FN2O/c1-11(14-8-7-13(20-3)10-15(14)17)19-12(2)16-6-4-5-9-18-16/h4-12,19H,1-3H3. The molecule has 0 saturated heterocycles. The largest absolute Gasteiger partial charge is 0.497 e. The third kappa shape index (κ3) is 3.33. The average Bonchev–Trinajstić information content (AvgIpc) is 2.47. The molecule has 2 aromatic rings. The number of hydrogen-bond acceptors (Lipinski definition) is 3. The second-order valence-electron chi connectivity index (χ2n) is 4.75. The van der Waals surface area contributed by atoms with E-state index in [9.17, 15) is 4.39 Å². The van der Waals surface area contributed by atoms with Gasteiger partial charge in [0.1, 0.15) is 11.6 Å². The highest BCUT2D eigenvalue weighted by Gasteiger charge is 2.15. The van der Waals surface area contributed by atoms with Gasteiger partial charge in [0.05, 0.1) is 12.8 Å². The zero-order chi connectivity index (χ0) is 14.5. The van der Waals surface area contributed by atoms with Gasteiger partial charge in [-0.2, -0.15) is 0 Å². The minimum atomic E-state index is -0.266. The number of pyridine rings is 1. The third-order valence-corrected chi connectivity index (χ3v) is 3.31. The zero-order valence-electron chi connectivity index (χ0n) is 11.9. The van der Waals surface area contributed by atoms with Gasteiger partial charge in [-0.05, 0) is 32.0 Å². The SMILES string of the molecule is COc1ccc(C(C)NC(C)c2ccccn2)c(F)c1. The van der Waals surface area contributed by atoms with Crippen LogP contribution in [0.15, 0.2) is 42.6 Å². The summed E-state index contributed by atoms with van der Waals surface area (Å²) in [6, 6.07) is 10.6. The van der Waals surface area contributed by atoms with Crippen molar-refractivity contribution in [2.75, 3.05) is 7.11 Å². The van der Waals surface area contributed by atoms with Gasteiger partial charge in [-0.3, -0.25) is 4.98 Å². The van der Waals surface area contributed by atoms with Crippen LogP contribution in [-0.4, -0.2) is 12.1 Å². The molecular weight excluding hydrogens is 255 g/mol. The lowest BCUT2D eigenvalue weighted by Gasteiger charge is -2.20. The summed E-state index contributed by atoms with van der Waals surface area (Å²) in [5, 5.41) is 3.35. The second-order valence-corrected chi connectivity index (χ2v) is 4.75. The Kier molecular flexibility index (Phi) is 4.69. The van der Waals surface area contributed by atoms with Crippen LogP contribution in [-0.2, 0) is 0 Å². The molecule has 1 heterocycles. The first-order valence-corrected chi connectivity index (χ1v) is 6.62. The molecule has 0 aliphatic rings. The van der Waals surface area contributed by atoms with Crippen molar-refractivity contribution in [1.82, 2.24) is 10.3 Å². The molecule has 2 unspecified atom stereocenters. The van der Waals surface area contributed by atoms with Crippen molar-refractivity contribution >= 4 is 0 Å². The summed E-state index contributed by atoms with van der Waals surface area (Å²) in [7, 11) is 1.53. The van der Waals surface area contributed by atoms with Gasteiger partial charge in [-0.25, -0.2) is 4.39 Å². The lowest BCUT2D eigenvalue weighted by molar-refractivity contribution is 0.408. The van der Waals surface area contributed by atoms with Crippen LogP contribution in [0.2, 0.25) is 0 Å². The molecule has 0 spiro atoms. The van der Waals surface area contributed by atoms with E-state index in [1.165, 1.54) is 13.2 Å². The van der Waals surface area contributed by atoms with Crippen molar-refractivity contribution < 1.29 is 9.13 Å². The van der Waals surface area contributed by atoms with Gasteiger partial charge in [0.15, 0.2) is 0 Å². The maximum absolute atomic E-state index is 14.0. The summed E-state index contributed by atoms with van der Waals surface area (Å²) in [6.45, 7) is 3.95. The fourth-order valence-corrected chi connectivity index (χ4v) is 2.17. The highest BCUT2D eigenvalue weighted by molar-refractivity contribution is 5.30. The average molecular weight is 274 g/mol. The molecule has 1 aromatic carbocycles. The van der Waals surface area contributed by atoms with Gasteiger partial charge in [0.25, 0.3) is 0 Å². The van der Waals surface area contributed by atoms with Crippen LogP contribution >= 0.6 is 0 Å². The molecule has 2 atom stereocenters. The normalized spacial score (nSPS) is 13.8. The second kappa shape index (κ2) is 6.48. The topological polar surface area (TPSA) is 34.1 Å². The molecule has 0 fully saturated rings. The minimum Gasteiger partial charge on any atom is -0.497 e. The number of benzene rings is 1. The van der Waals surface area contributed by atoms with Gasteiger partial charge in [0.2, 0.25) is 0 Å². The van der Waals surface area contributed by atoms with E-state index in [0.29, 0.717) is 11.3 Å². The molecule has 4 heteroatoms. The monoisotopic (exact) mass is 274 g/mol. The number of ether oxygens (including phenoxy) is 1. The molecule has 20 heavy (non-hydrogen) atoms. The number of methoxy groups -OCH3 is 1. The van der Waals surface area contributed by atoms with E-state index >= 15 is 0 Å². The Hall–Kier alpha value is -1.94. The lowest BCUT2D eigenvalue weighted by atomic mass is 10.1. The first-order valence-electron chi connectivity index (χ1n) is 6.62. The Bertz CT molecular complexity index is 560. The summed E-state index contributed by atoms with van der Waals surface area (Å²) < 4.78 is 19.0. The molecule has 0 saturated carbocycles. The molecule has 0 bridgehead atoms. The molecular formula is C16H19FN2O. The van der Waals surface area contributed by atoms with Crippen LogP contribution in [0.1, 0.15) is 37.2 Å². The Morgan fingerprint density at radius 1 is 1.15 bits per heavy atom. The van der Waals surface area contributed by atoms with Crippen molar-refractivity contribution in [3.05, 3.63) is 59.7 Å². The Morgan fingerprint density at radius 2 is 1.95 bits per heavy atom. The van der Waals surface area contributed by atoms with E-state index in [0.717, 1.165) is 5.69 Å². The summed E-state index contributed by atoms with van der Waals surface area (Å²) >= 11 is 0. The maximum atomic E-state index is 14.0. The number of halogens is 1. The van der Waals surface area contributed by atoms with Crippen molar-refractivity contribution in [2.45, 2.75) is 25.9 Å². The van der Waals surface area contributed by atoms with Crippen molar-refractivity contribution in [1.29, 1.82) is 0 Å². The van der Waals surface area contributed by atoms with Gasteiger partial charge in [-0.15, -0.1) is 0 Å². The van der Waals surface area contributed by atoms with Crippen LogP contribution in [0.3, 0.4) is 0 Å². The van der Waals surface area contributed by atoms with Gasteiger partial charge >= 0.3 is 0 Å². The van der Waals surface area contributed by atoms with Crippen LogP contribution in [0.25, 0.3) is 0 Å². The first kappa shape index (κ1) is 14.5. The van der Waals surface area contributed by atoms with Gasteiger partial charge < -0.3 is 10.1 Å². The predicted molar refractivity (Wildman–Crippen MR) is 77.2 cm³/mol. The predicted octanol–water partition coefficient (Wildman–Crippen LogP) is 3.64. The Morgan fingerprint density at radius 3 is 2.55 bits per heavy atom. The first-order chi connectivity index (χ1) is 9.61. The summed E-state index contributed by atoms with van der Waals surface area (Å²) in [5.41, 5.74) is 1.56. The number of rotatable bonds is 5. The van der Waals surface area contributed by atoms with E-state index in [-0.39, 0.29) is 17.9 Å². The van der Waals surface area contributed by atoms with Crippen LogP contribution in [0.4, 0.5) is 4.39 Å². The van der Waals surface area contributed by atoms with Crippen molar-refractivity contribution in [2.24, 2.45) is 0 Å². The highest BCUT2D eigenvalue weighted by Crippen LogP contribution is 2.23. The van der Waals surface area contributed by atoms with E-state index < -0.39 is 0 Å². The summed E-state index contributed by atoms with van der Waals surface area (Å²) in [5.74, 6) is 0.258. The molecule has 0 radical (unpaired) electrons. The zero-order valence-corrected chi connectivity index (χ0v) is 11.9. The van der Waals surface area contributed by atoms with E-state index in [4.69, 9.17) is 4.74 Å². The third-order valence-electron chi connectivity index (χ3n) is 3.31. The van der Waals surface area contributed by atoms with Crippen LogP contribution < -0.4 is 10.1 Å². The minimum absolute atomic E-state index is 0.0488. The van der Waals surface area contributed by atoms with Crippen molar-refractivity contribution in [3.8, 4) is 5.75 Å². The molecule has 0 amide bonds. The Labute approximate surface area is 118 Å². The summed E-state index contributed by atoms with van der Waals surface area (Å²) in [6.07, 6.45) is 1.76. The quantitative estimate of drug-likeness (QED) is 0.903. The maximum Gasteiger partial charge on any atom is 0.131 e. The van der Waals surface area contributed by atoms with Crippen molar-refractivity contribution in [3.63, 3.8) is 0 Å². The summed E-state index contributed by atoms with van der Waals surface area (Å²) in [4.78, 5) is 4.30. The molecule has 1 N–H and O–H groups in total. The fourth-order valence-electron chi connectivity index (χ4n) is 2.17. The lowest BCUT2D eigenvalue weighted by Crippen LogP contribution is -2.23. The molecule has 1 aromatic heterocycles. The smallest absolute Gasteiger partial charge is 0.131 e. The number of nitrogens with zero attached hydrogens (tertiary/aromatic N) is 1. The highest BCUT2D eigenvalue weighted by atomic mass is 19.1. The molecule has 0 aliphatic carbocycles. The van der Waals surface area contributed by atoms with Gasteiger partial charge in [0, 0.05) is 29.9 Å². The number of nitrogens with one attached hydrogen (secondary N) is 1. The molecule has 106 valence electrons. The van der Waals surface area contributed by atoms with Crippen LogP contribution in [0, 0.1) is 5.82 Å². The Balaban J connectivity index is 2.10. The fraction of sp³-hybridized carbons (Fsp3) is 0.312. The van der Waals surface area contributed by atoms with Gasteiger partial charge in [-0.1, -0.05) is 12.1 Å². The number of aromatic nitrogens is 1.